The predicted octanol–water partition coefficient (Wildman–Crippen LogP) is 3.16. The fourth-order valence-electron chi connectivity index (χ4n) is 3.43. The van der Waals surface area contributed by atoms with Crippen LogP contribution in [0.4, 0.5) is 0 Å². The van der Waals surface area contributed by atoms with Crippen LogP contribution < -0.4 is 9.47 Å². The molecule has 0 saturated carbocycles. The summed E-state index contributed by atoms with van der Waals surface area (Å²) in [6, 6.07) is 3.95. The Hall–Kier alpha value is -1.72. The molecule has 1 aliphatic heterocycles. The lowest BCUT2D eigenvalue weighted by Gasteiger charge is -2.19. The highest BCUT2D eigenvalue weighted by Crippen LogP contribution is 2.38. The fourth-order valence-corrected chi connectivity index (χ4v) is 3.72. The van der Waals surface area contributed by atoms with E-state index in [1.165, 1.54) is 12.0 Å². The van der Waals surface area contributed by atoms with Crippen LogP contribution in [0.2, 0.25) is 5.02 Å². The monoisotopic (exact) mass is 349 g/mol. The molecule has 5 nitrogen and oxygen atoms in total. The second kappa shape index (κ2) is 7.45. The van der Waals surface area contributed by atoms with Crippen molar-refractivity contribution >= 4 is 11.6 Å². The van der Waals surface area contributed by atoms with Gasteiger partial charge in [-0.25, -0.2) is 0 Å². The Morgan fingerprint density at radius 2 is 2.12 bits per heavy atom. The number of methoxy groups -OCH3 is 2. The van der Waals surface area contributed by atoms with Crippen LogP contribution in [-0.4, -0.2) is 42.0 Å². The summed E-state index contributed by atoms with van der Waals surface area (Å²) in [4.78, 5) is 2.45. The first kappa shape index (κ1) is 17.1. The Morgan fingerprint density at radius 3 is 2.79 bits per heavy atom. The fraction of sp³-hybridized carbons (Fsp3) is 0.500. The normalized spacial score (nSPS) is 18.1. The maximum absolute atomic E-state index is 6.50. The number of halogens is 1. The molecule has 1 atom stereocenters. The van der Waals surface area contributed by atoms with Crippen molar-refractivity contribution in [1.29, 1.82) is 0 Å². The number of hydrogen-bond donors (Lipinski definition) is 0. The first-order chi connectivity index (χ1) is 11.6. The summed E-state index contributed by atoms with van der Waals surface area (Å²) in [5.41, 5.74) is 2.39. The molecule has 0 radical (unpaired) electrons. The van der Waals surface area contributed by atoms with Crippen molar-refractivity contribution in [1.82, 2.24) is 14.7 Å². The van der Waals surface area contributed by atoms with E-state index in [0.29, 0.717) is 22.4 Å². The van der Waals surface area contributed by atoms with Crippen LogP contribution >= 0.6 is 11.6 Å². The van der Waals surface area contributed by atoms with Crippen LogP contribution in [0.25, 0.3) is 0 Å². The van der Waals surface area contributed by atoms with E-state index >= 15 is 0 Å². The third-order valence-electron chi connectivity index (χ3n) is 4.61. The van der Waals surface area contributed by atoms with Crippen molar-refractivity contribution < 1.29 is 9.47 Å². The van der Waals surface area contributed by atoms with Gasteiger partial charge in [-0.3, -0.25) is 9.58 Å². The van der Waals surface area contributed by atoms with Gasteiger partial charge in [-0.05, 0) is 42.5 Å². The van der Waals surface area contributed by atoms with Crippen molar-refractivity contribution in [3.8, 4) is 11.5 Å². The lowest BCUT2D eigenvalue weighted by Crippen LogP contribution is -2.21. The maximum atomic E-state index is 6.50. The van der Waals surface area contributed by atoms with Gasteiger partial charge in [0, 0.05) is 26.3 Å². The van der Waals surface area contributed by atoms with Gasteiger partial charge in [0.05, 0.1) is 25.4 Å². The molecule has 1 fully saturated rings. The number of nitrogens with zero attached hydrogens (tertiary/aromatic N) is 3. The molecule has 3 rings (SSSR count). The van der Waals surface area contributed by atoms with Crippen LogP contribution in [0.1, 0.15) is 17.5 Å². The minimum atomic E-state index is 0.614. The van der Waals surface area contributed by atoms with Gasteiger partial charge in [-0.2, -0.15) is 5.10 Å². The summed E-state index contributed by atoms with van der Waals surface area (Å²) >= 11 is 6.50. The SMILES string of the molecule is COc1ccc(CN2CC[C@@H](Cc3cnn(C)c3)C2)c(Cl)c1OC. The third kappa shape index (κ3) is 3.68. The smallest absolute Gasteiger partial charge is 0.179 e. The molecule has 2 heterocycles. The minimum Gasteiger partial charge on any atom is -0.493 e. The number of aromatic nitrogens is 2. The van der Waals surface area contributed by atoms with E-state index in [1.807, 2.05) is 30.1 Å². The number of benzene rings is 1. The zero-order chi connectivity index (χ0) is 17.1. The molecule has 0 unspecified atom stereocenters. The first-order valence-corrected chi connectivity index (χ1v) is 8.57. The Morgan fingerprint density at radius 1 is 1.29 bits per heavy atom. The molecule has 24 heavy (non-hydrogen) atoms. The van der Waals surface area contributed by atoms with Crippen molar-refractivity contribution in [3.05, 3.63) is 40.7 Å². The Kier molecular flexibility index (Phi) is 5.31. The number of hydrogen-bond acceptors (Lipinski definition) is 4. The molecule has 0 amide bonds. The summed E-state index contributed by atoms with van der Waals surface area (Å²) < 4.78 is 12.6. The van der Waals surface area contributed by atoms with E-state index in [0.717, 1.165) is 31.6 Å². The Labute approximate surface area is 148 Å². The quantitative estimate of drug-likeness (QED) is 0.803. The Bertz CT molecular complexity index is 702. The summed E-state index contributed by atoms with van der Waals surface area (Å²) in [5.74, 6) is 1.96. The average Bonchev–Trinajstić information content (AvgIpc) is 3.18. The van der Waals surface area contributed by atoms with Gasteiger partial charge in [0.2, 0.25) is 0 Å². The number of likely N-dealkylation sites (tertiary alicyclic amines) is 1. The van der Waals surface area contributed by atoms with Gasteiger partial charge in [0.1, 0.15) is 0 Å². The molecule has 0 aliphatic carbocycles. The van der Waals surface area contributed by atoms with E-state index in [9.17, 15) is 0 Å². The standard InChI is InChI=1S/C18H24ClN3O2/c1-21-10-14(9-20-21)8-13-6-7-22(11-13)12-15-4-5-16(23-2)18(24-3)17(15)19/h4-5,9-10,13H,6-8,11-12H2,1-3H3/t13-/m0/s1. The summed E-state index contributed by atoms with van der Waals surface area (Å²) in [7, 11) is 5.20. The molecule has 1 aromatic heterocycles. The lowest BCUT2D eigenvalue weighted by molar-refractivity contribution is 0.314. The zero-order valence-corrected chi connectivity index (χ0v) is 15.2. The first-order valence-electron chi connectivity index (χ1n) is 8.20. The highest BCUT2D eigenvalue weighted by Gasteiger charge is 2.24. The maximum Gasteiger partial charge on any atom is 0.179 e. The van der Waals surface area contributed by atoms with Gasteiger partial charge in [-0.15, -0.1) is 0 Å². The highest BCUT2D eigenvalue weighted by molar-refractivity contribution is 6.33. The van der Waals surface area contributed by atoms with Crippen LogP contribution in [0.3, 0.4) is 0 Å². The van der Waals surface area contributed by atoms with Crippen molar-refractivity contribution in [2.45, 2.75) is 19.4 Å². The van der Waals surface area contributed by atoms with Gasteiger partial charge in [-0.1, -0.05) is 17.7 Å². The van der Waals surface area contributed by atoms with E-state index in [4.69, 9.17) is 21.1 Å². The number of rotatable bonds is 6. The lowest BCUT2D eigenvalue weighted by atomic mass is 10.0. The predicted molar refractivity (Wildman–Crippen MR) is 94.9 cm³/mol. The second-order valence-electron chi connectivity index (χ2n) is 6.39. The minimum absolute atomic E-state index is 0.614. The van der Waals surface area contributed by atoms with Gasteiger partial charge >= 0.3 is 0 Å². The van der Waals surface area contributed by atoms with Crippen LogP contribution in [-0.2, 0) is 20.0 Å². The van der Waals surface area contributed by atoms with E-state index in [1.54, 1.807) is 14.2 Å². The molecule has 2 aromatic rings. The van der Waals surface area contributed by atoms with Gasteiger partial charge in [0.25, 0.3) is 0 Å². The molecule has 0 spiro atoms. The number of ether oxygens (including phenoxy) is 2. The average molecular weight is 350 g/mol. The molecular weight excluding hydrogens is 326 g/mol. The van der Waals surface area contributed by atoms with E-state index < -0.39 is 0 Å². The van der Waals surface area contributed by atoms with Crippen molar-refractivity contribution in [2.24, 2.45) is 13.0 Å². The summed E-state index contributed by atoms with van der Waals surface area (Å²) in [6.45, 7) is 3.01. The summed E-state index contributed by atoms with van der Waals surface area (Å²) in [6.07, 6.45) is 6.37. The Balaban J connectivity index is 1.63. The van der Waals surface area contributed by atoms with Gasteiger partial charge < -0.3 is 9.47 Å². The molecule has 1 aromatic carbocycles. The van der Waals surface area contributed by atoms with Crippen molar-refractivity contribution in [3.63, 3.8) is 0 Å². The van der Waals surface area contributed by atoms with E-state index in [2.05, 4.69) is 16.2 Å². The van der Waals surface area contributed by atoms with Crippen LogP contribution in [0.15, 0.2) is 24.5 Å². The molecule has 0 N–H and O–H groups in total. The second-order valence-corrected chi connectivity index (χ2v) is 6.77. The molecule has 1 saturated heterocycles. The highest BCUT2D eigenvalue weighted by atomic mass is 35.5. The third-order valence-corrected chi connectivity index (χ3v) is 5.03. The van der Waals surface area contributed by atoms with Crippen molar-refractivity contribution in [2.75, 3.05) is 27.3 Å². The molecule has 6 heteroatoms. The molecule has 1 aliphatic rings. The topological polar surface area (TPSA) is 39.5 Å². The summed E-state index contributed by atoms with van der Waals surface area (Å²) in [5, 5.41) is 4.90. The van der Waals surface area contributed by atoms with E-state index in [-0.39, 0.29) is 0 Å². The molecule has 0 bridgehead atoms. The zero-order valence-electron chi connectivity index (χ0n) is 14.5. The molecular formula is C18H24ClN3O2. The largest absolute Gasteiger partial charge is 0.493 e. The van der Waals surface area contributed by atoms with Crippen LogP contribution in [0.5, 0.6) is 11.5 Å². The van der Waals surface area contributed by atoms with Gasteiger partial charge in [0.15, 0.2) is 11.5 Å². The number of aryl methyl sites for hydroxylation is 1. The van der Waals surface area contributed by atoms with Crippen LogP contribution in [0, 0.1) is 5.92 Å². The molecule has 130 valence electrons.